The summed E-state index contributed by atoms with van der Waals surface area (Å²) in [7, 11) is -2.00. The van der Waals surface area contributed by atoms with Crippen molar-refractivity contribution in [2.75, 3.05) is 24.2 Å². The van der Waals surface area contributed by atoms with Crippen molar-refractivity contribution in [3.05, 3.63) is 59.7 Å². The van der Waals surface area contributed by atoms with Gasteiger partial charge in [-0.2, -0.15) is 0 Å². The van der Waals surface area contributed by atoms with Crippen LogP contribution in [0.4, 0.5) is 5.69 Å². The number of carbonyl (C=O) groups excluding carboxylic acids is 1. The first-order chi connectivity index (χ1) is 12.8. The van der Waals surface area contributed by atoms with Gasteiger partial charge in [0.2, 0.25) is 15.9 Å². The molecule has 2 aromatic carbocycles. The summed E-state index contributed by atoms with van der Waals surface area (Å²) in [6, 6.07) is 14.3. The van der Waals surface area contributed by atoms with E-state index < -0.39 is 10.0 Å². The van der Waals surface area contributed by atoms with Gasteiger partial charge in [0.05, 0.1) is 25.1 Å². The van der Waals surface area contributed by atoms with Crippen LogP contribution in [0.5, 0.6) is 5.75 Å². The van der Waals surface area contributed by atoms with Gasteiger partial charge in [0.25, 0.3) is 0 Å². The van der Waals surface area contributed by atoms with Crippen LogP contribution in [0.1, 0.15) is 30.5 Å². The summed E-state index contributed by atoms with van der Waals surface area (Å²) in [6.07, 6.45) is 1.79. The van der Waals surface area contributed by atoms with Gasteiger partial charge >= 0.3 is 0 Å². The molecule has 0 radical (unpaired) electrons. The third-order valence-electron chi connectivity index (χ3n) is 4.33. The maximum absolute atomic E-state index is 12.6. The van der Waals surface area contributed by atoms with Crippen LogP contribution in [0.2, 0.25) is 0 Å². The number of amides is 1. The van der Waals surface area contributed by atoms with Crippen molar-refractivity contribution in [3.63, 3.8) is 0 Å². The van der Waals surface area contributed by atoms with Gasteiger partial charge in [0.1, 0.15) is 12.3 Å². The van der Waals surface area contributed by atoms with E-state index in [1.165, 1.54) is 0 Å². The lowest BCUT2D eigenvalue weighted by molar-refractivity contribution is -0.120. The molecule has 0 bridgehead atoms. The third kappa shape index (κ3) is 5.47. The Morgan fingerprint density at radius 3 is 2.30 bits per heavy atom. The van der Waals surface area contributed by atoms with Gasteiger partial charge in [-0.15, -0.1) is 0 Å². The van der Waals surface area contributed by atoms with E-state index in [1.807, 2.05) is 50.2 Å². The Hall–Kier alpha value is -2.54. The SMILES string of the molecule is CCC(NC(=O)CN(c1ccccc1C)S(C)(=O)=O)c1ccc(OC)cc1. The monoisotopic (exact) mass is 390 g/mol. The molecule has 1 atom stereocenters. The van der Waals surface area contributed by atoms with Crippen LogP contribution in [0.25, 0.3) is 0 Å². The molecule has 2 rings (SSSR count). The predicted octanol–water partition coefficient (Wildman–Crippen LogP) is 3.04. The Balaban J connectivity index is 2.18. The van der Waals surface area contributed by atoms with Gasteiger partial charge in [-0.05, 0) is 42.7 Å². The van der Waals surface area contributed by atoms with Crippen molar-refractivity contribution >= 4 is 21.6 Å². The predicted molar refractivity (Wildman–Crippen MR) is 108 cm³/mol. The number of sulfonamides is 1. The van der Waals surface area contributed by atoms with Gasteiger partial charge in [-0.3, -0.25) is 9.10 Å². The van der Waals surface area contributed by atoms with Crippen LogP contribution in [0, 0.1) is 6.92 Å². The molecule has 0 saturated heterocycles. The minimum absolute atomic E-state index is 0.207. The van der Waals surface area contributed by atoms with Crippen molar-refractivity contribution in [1.29, 1.82) is 0 Å². The molecule has 0 fully saturated rings. The smallest absolute Gasteiger partial charge is 0.241 e. The number of anilines is 1. The second-order valence-electron chi connectivity index (χ2n) is 6.36. The Morgan fingerprint density at radius 2 is 1.78 bits per heavy atom. The molecule has 0 aliphatic heterocycles. The molecule has 0 spiro atoms. The highest BCUT2D eigenvalue weighted by atomic mass is 32.2. The van der Waals surface area contributed by atoms with Crippen LogP contribution in [-0.4, -0.2) is 34.2 Å². The quantitative estimate of drug-likeness (QED) is 0.752. The molecule has 146 valence electrons. The largest absolute Gasteiger partial charge is 0.497 e. The number of carbonyl (C=O) groups is 1. The molecule has 1 N–H and O–H groups in total. The van der Waals surface area contributed by atoms with Gasteiger partial charge < -0.3 is 10.1 Å². The maximum Gasteiger partial charge on any atom is 0.241 e. The number of hydrogen-bond donors (Lipinski definition) is 1. The second kappa shape index (κ2) is 8.90. The summed E-state index contributed by atoms with van der Waals surface area (Å²) < 4.78 is 30.8. The van der Waals surface area contributed by atoms with Gasteiger partial charge in [-0.1, -0.05) is 37.3 Å². The molecule has 1 unspecified atom stereocenters. The summed E-state index contributed by atoms with van der Waals surface area (Å²) in [6.45, 7) is 3.51. The van der Waals surface area contributed by atoms with E-state index in [-0.39, 0.29) is 18.5 Å². The lowest BCUT2D eigenvalue weighted by Crippen LogP contribution is -2.41. The average Bonchev–Trinajstić information content (AvgIpc) is 2.64. The van der Waals surface area contributed by atoms with Crippen molar-refractivity contribution < 1.29 is 17.9 Å². The number of benzene rings is 2. The molecule has 7 heteroatoms. The zero-order valence-corrected chi connectivity index (χ0v) is 16.9. The number of nitrogens with zero attached hydrogens (tertiary/aromatic N) is 1. The average molecular weight is 391 g/mol. The summed E-state index contributed by atoms with van der Waals surface area (Å²) >= 11 is 0. The van der Waals surface area contributed by atoms with Crippen LogP contribution in [0.3, 0.4) is 0 Å². The zero-order chi connectivity index (χ0) is 20.0. The lowest BCUT2D eigenvalue weighted by atomic mass is 10.0. The minimum Gasteiger partial charge on any atom is -0.497 e. The molecule has 1 amide bonds. The number of ether oxygens (including phenoxy) is 1. The fourth-order valence-corrected chi connectivity index (χ4v) is 3.77. The van der Waals surface area contributed by atoms with Crippen molar-refractivity contribution in [1.82, 2.24) is 5.32 Å². The highest BCUT2D eigenvalue weighted by molar-refractivity contribution is 7.92. The van der Waals surface area contributed by atoms with E-state index >= 15 is 0 Å². The normalized spacial score (nSPS) is 12.3. The van der Waals surface area contributed by atoms with Crippen LogP contribution in [-0.2, 0) is 14.8 Å². The van der Waals surface area contributed by atoms with E-state index in [0.29, 0.717) is 12.1 Å². The molecule has 6 nitrogen and oxygen atoms in total. The summed E-state index contributed by atoms with van der Waals surface area (Å²) in [5, 5.41) is 2.93. The van der Waals surface area contributed by atoms with E-state index in [1.54, 1.807) is 19.2 Å². The van der Waals surface area contributed by atoms with Crippen LogP contribution >= 0.6 is 0 Å². The molecule has 27 heavy (non-hydrogen) atoms. The lowest BCUT2D eigenvalue weighted by Gasteiger charge is -2.25. The highest BCUT2D eigenvalue weighted by Crippen LogP contribution is 2.23. The third-order valence-corrected chi connectivity index (χ3v) is 5.46. The first kappa shape index (κ1) is 20.8. The molecular formula is C20H26N2O4S. The van der Waals surface area contributed by atoms with Crippen molar-refractivity contribution in [2.45, 2.75) is 26.3 Å². The molecule has 2 aromatic rings. The molecule has 0 aromatic heterocycles. The van der Waals surface area contributed by atoms with Gasteiger partial charge in [0.15, 0.2) is 0 Å². The minimum atomic E-state index is -3.60. The molecule has 0 aliphatic rings. The fraction of sp³-hybridized carbons (Fsp3) is 0.350. The molecular weight excluding hydrogens is 364 g/mol. The van der Waals surface area contributed by atoms with E-state index in [0.717, 1.165) is 27.4 Å². The first-order valence-corrected chi connectivity index (χ1v) is 10.6. The standard InChI is InChI=1S/C20H26N2O4S/c1-5-18(16-10-12-17(26-3)13-11-16)21-20(23)14-22(27(4,24)25)19-9-7-6-8-15(19)2/h6-13,18H,5,14H2,1-4H3,(H,21,23). The Bertz CT molecular complexity index is 879. The Morgan fingerprint density at radius 1 is 1.15 bits per heavy atom. The summed E-state index contributed by atoms with van der Waals surface area (Å²) in [5.74, 6) is 0.383. The Kier molecular flexibility index (Phi) is 6.85. The number of hydrogen-bond acceptors (Lipinski definition) is 4. The molecule has 0 saturated carbocycles. The topological polar surface area (TPSA) is 75.7 Å². The number of aryl methyl sites for hydroxylation is 1. The fourth-order valence-electron chi connectivity index (χ4n) is 2.85. The van der Waals surface area contributed by atoms with Crippen molar-refractivity contribution in [2.24, 2.45) is 0 Å². The first-order valence-electron chi connectivity index (χ1n) is 8.73. The highest BCUT2D eigenvalue weighted by Gasteiger charge is 2.23. The molecule has 0 aliphatic carbocycles. The number of nitrogens with one attached hydrogen (secondary N) is 1. The van der Waals surface area contributed by atoms with Gasteiger partial charge in [-0.25, -0.2) is 8.42 Å². The van der Waals surface area contributed by atoms with E-state index in [4.69, 9.17) is 4.74 Å². The van der Waals surface area contributed by atoms with Crippen LogP contribution in [0.15, 0.2) is 48.5 Å². The van der Waals surface area contributed by atoms with E-state index in [9.17, 15) is 13.2 Å². The zero-order valence-electron chi connectivity index (χ0n) is 16.1. The van der Waals surface area contributed by atoms with Crippen molar-refractivity contribution in [3.8, 4) is 5.75 Å². The summed E-state index contributed by atoms with van der Waals surface area (Å²) in [5.41, 5.74) is 2.24. The second-order valence-corrected chi connectivity index (χ2v) is 8.26. The van der Waals surface area contributed by atoms with Gasteiger partial charge in [0, 0.05) is 0 Å². The summed E-state index contributed by atoms with van der Waals surface area (Å²) in [4.78, 5) is 12.6. The maximum atomic E-state index is 12.6. The van der Waals surface area contributed by atoms with Crippen LogP contribution < -0.4 is 14.4 Å². The molecule has 0 heterocycles. The number of methoxy groups -OCH3 is 1. The number of para-hydroxylation sites is 1. The van der Waals surface area contributed by atoms with E-state index in [2.05, 4.69) is 5.32 Å². The number of rotatable bonds is 8. The Labute approximate surface area is 161 Å².